The molecule has 3 rings (SSSR count). The Labute approximate surface area is 109 Å². The molecule has 0 saturated heterocycles. The molecular weight excluding hydrogens is 248 g/mol. The van der Waals surface area contributed by atoms with Crippen LogP contribution in [-0.2, 0) is 11.2 Å². The standard InChI is InChI=1S/C13H14N2O2S/c1-14-11-12-9(3-6-17-12)2-5-15(13(11)16)10-4-7-18-8-10/h3-4,6-8,11,14H,2,5H2,1H3. The number of rotatable bonds is 2. The van der Waals surface area contributed by atoms with Crippen LogP contribution in [0.3, 0.4) is 0 Å². The molecule has 0 aromatic carbocycles. The van der Waals surface area contributed by atoms with Gasteiger partial charge in [0.1, 0.15) is 11.8 Å². The monoisotopic (exact) mass is 262 g/mol. The summed E-state index contributed by atoms with van der Waals surface area (Å²) in [6, 6.07) is 3.53. The van der Waals surface area contributed by atoms with Crippen molar-refractivity contribution in [3.63, 3.8) is 0 Å². The number of furan rings is 1. The van der Waals surface area contributed by atoms with Gasteiger partial charge in [-0.3, -0.25) is 4.79 Å². The van der Waals surface area contributed by atoms with Crippen molar-refractivity contribution in [2.75, 3.05) is 18.5 Å². The average molecular weight is 262 g/mol. The topological polar surface area (TPSA) is 45.5 Å². The first-order valence-corrected chi connectivity index (χ1v) is 6.82. The van der Waals surface area contributed by atoms with E-state index in [0.717, 1.165) is 23.4 Å². The molecule has 1 atom stereocenters. The summed E-state index contributed by atoms with van der Waals surface area (Å²) in [5, 5.41) is 7.03. The molecule has 4 nitrogen and oxygen atoms in total. The molecule has 0 radical (unpaired) electrons. The molecule has 3 heterocycles. The number of thiophene rings is 1. The number of fused-ring (bicyclic) bond motifs is 1. The van der Waals surface area contributed by atoms with Crippen molar-refractivity contribution in [2.24, 2.45) is 0 Å². The molecule has 0 fully saturated rings. The van der Waals surface area contributed by atoms with Gasteiger partial charge in [0.2, 0.25) is 0 Å². The van der Waals surface area contributed by atoms with E-state index in [-0.39, 0.29) is 5.91 Å². The highest BCUT2D eigenvalue weighted by atomic mass is 32.1. The minimum Gasteiger partial charge on any atom is -0.467 e. The summed E-state index contributed by atoms with van der Waals surface area (Å²) < 4.78 is 5.47. The Morgan fingerprint density at radius 3 is 3.11 bits per heavy atom. The van der Waals surface area contributed by atoms with Crippen LogP contribution in [0, 0.1) is 0 Å². The van der Waals surface area contributed by atoms with Crippen LogP contribution in [0.1, 0.15) is 17.4 Å². The Morgan fingerprint density at radius 1 is 1.50 bits per heavy atom. The van der Waals surface area contributed by atoms with Gasteiger partial charge in [0.05, 0.1) is 12.0 Å². The molecule has 1 amide bonds. The Kier molecular flexibility index (Phi) is 2.93. The summed E-state index contributed by atoms with van der Waals surface area (Å²) in [5.74, 6) is 0.796. The van der Waals surface area contributed by atoms with E-state index < -0.39 is 6.04 Å². The number of nitrogens with one attached hydrogen (secondary N) is 1. The van der Waals surface area contributed by atoms with E-state index in [1.807, 2.05) is 27.8 Å². The largest absolute Gasteiger partial charge is 0.467 e. The summed E-state index contributed by atoms with van der Waals surface area (Å²) >= 11 is 1.60. The highest BCUT2D eigenvalue weighted by Gasteiger charge is 2.32. The maximum atomic E-state index is 12.5. The lowest BCUT2D eigenvalue weighted by atomic mass is 10.1. The van der Waals surface area contributed by atoms with Crippen LogP contribution in [-0.4, -0.2) is 19.5 Å². The lowest BCUT2D eigenvalue weighted by Crippen LogP contribution is -2.38. The van der Waals surface area contributed by atoms with Gasteiger partial charge in [-0.25, -0.2) is 0 Å². The van der Waals surface area contributed by atoms with Crippen LogP contribution in [0.5, 0.6) is 0 Å². The molecule has 2 aromatic rings. The van der Waals surface area contributed by atoms with Gasteiger partial charge in [0.15, 0.2) is 0 Å². The zero-order valence-electron chi connectivity index (χ0n) is 10.1. The van der Waals surface area contributed by atoms with Gasteiger partial charge in [0.25, 0.3) is 5.91 Å². The predicted octanol–water partition coefficient (Wildman–Crippen LogP) is 2.19. The Bertz CT molecular complexity index is 547. The van der Waals surface area contributed by atoms with Gasteiger partial charge < -0.3 is 14.6 Å². The third-order valence-corrected chi connectivity index (χ3v) is 3.94. The Hall–Kier alpha value is -1.59. The predicted molar refractivity (Wildman–Crippen MR) is 70.9 cm³/mol. The number of amides is 1. The second-order valence-electron chi connectivity index (χ2n) is 4.25. The lowest BCUT2D eigenvalue weighted by Gasteiger charge is -2.22. The van der Waals surface area contributed by atoms with E-state index >= 15 is 0 Å². The smallest absolute Gasteiger partial charge is 0.252 e. The Morgan fingerprint density at radius 2 is 2.39 bits per heavy atom. The van der Waals surface area contributed by atoms with Crippen molar-refractivity contribution in [3.8, 4) is 0 Å². The van der Waals surface area contributed by atoms with E-state index in [2.05, 4.69) is 5.32 Å². The van der Waals surface area contributed by atoms with Crippen LogP contribution in [0.4, 0.5) is 5.69 Å². The van der Waals surface area contributed by atoms with Crippen LogP contribution < -0.4 is 10.2 Å². The van der Waals surface area contributed by atoms with Gasteiger partial charge >= 0.3 is 0 Å². The zero-order chi connectivity index (χ0) is 12.5. The van der Waals surface area contributed by atoms with E-state index in [4.69, 9.17) is 4.42 Å². The molecule has 2 aromatic heterocycles. The highest BCUT2D eigenvalue weighted by molar-refractivity contribution is 7.08. The van der Waals surface area contributed by atoms with Gasteiger partial charge in [-0.05, 0) is 36.5 Å². The molecule has 0 spiro atoms. The minimum atomic E-state index is -0.391. The second-order valence-corrected chi connectivity index (χ2v) is 5.03. The summed E-state index contributed by atoms with van der Waals surface area (Å²) in [6.45, 7) is 0.695. The van der Waals surface area contributed by atoms with E-state index in [1.54, 1.807) is 24.6 Å². The number of carbonyl (C=O) groups excluding carboxylic acids is 1. The molecular formula is C13H14N2O2S. The third-order valence-electron chi connectivity index (χ3n) is 3.27. The van der Waals surface area contributed by atoms with Gasteiger partial charge in [-0.15, -0.1) is 0 Å². The number of hydrogen-bond acceptors (Lipinski definition) is 4. The molecule has 0 aliphatic carbocycles. The molecule has 1 aliphatic heterocycles. The van der Waals surface area contributed by atoms with Crippen LogP contribution in [0.25, 0.3) is 0 Å². The first-order valence-electron chi connectivity index (χ1n) is 5.88. The molecule has 18 heavy (non-hydrogen) atoms. The van der Waals surface area contributed by atoms with Crippen molar-refractivity contribution < 1.29 is 9.21 Å². The second kappa shape index (κ2) is 4.59. The van der Waals surface area contributed by atoms with Crippen LogP contribution in [0.15, 0.2) is 33.6 Å². The number of hydrogen-bond donors (Lipinski definition) is 1. The Balaban J connectivity index is 1.99. The van der Waals surface area contributed by atoms with E-state index in [9.17, 15) is 4.79 Å². The average Bonchev–Trinajstić information content (AvgIpc) is 3.01. The molecule has 0 bridgehead atoms. The maximum absolute atomic E-state index is 12.5. The molecule has 0 saturated carbocycles. The summed E-state index contributed by atoms with van der Waals surface area (Å²) in [5.41, 5.74) is 2.08. The van der Waals surface area contributed by atoms with Crippen molar-refractivity contribution in [1.82, 2.24) is 5.32 Å². The quantitative estimate of drug-likeness (QED) is 0.902. The minimum absolute atomic E-state index is 0.0459. The normalized spacial score (nSPS) is 19.7. The van der Waals surface area contributed by atoms with Crippen molar-refractivity contribution in [2.45, 2.75) is 12.5 Å². The number of likely N-dealkylation sites (N-methyl/N-ethyl adjacent to an activating group) is 1. The molecule has 1 aliphatic rings. The summed E-state index contributed by atoms with van der Waals surface area (Å²) in [4.78, 5) is 14.4. The maximum Gasteiger partial charge on any atom is 0.252 e. The fourth-order valence-corrected chi connectivity index (χ4v) is 2.98. The van der Waals surface area contributed by atoms with E-state index in [0.29, 0.717) is 6.54 Å². The molecule has 1 unspecified atom stereocenters. The summed E-state index contributed by atoms with van der Waals surface area (Å²) in [7, 11) is 1.78. The van der Waals surface area contributed by atoms with Crippen LogP contribution in [0.2, 0.25) is 0 Å². The number of nitrogens with zero attached hydrogens (tertiary/aromatic N) is 1. The highest BCUT2D eigenvalue weighted by Crippen LogP contribution is 2.29. The van der Waals surface area contributed by atoms with Crippen molar-refractivity contribution in [1.29, 1.82) is 0 Å². The molecule has 1 N–H and O–H groups in total. The van der Waals surface area contributed by atoms with Crippen LogP contribution >= 0.6 is 11.3 Å². The van der Waals surface area contributed by atoms with Gasteiger partial charge in [-0.2, -0.15) is 11.3 Å². The fourth-order valence-electron chi connectivity index (χ4n) is 2.34. The number of carbonyl (C=O) groups is 1. The zero-order valence-corrected chi connectivity index (χ0v) is 10.9. The molecule has 94 valence electrons. The lowest BCUT2D eigenvalue weighted by molar-refractivity contribution is -0.120. The first-order chi connectivity index (χ1) is 8.81. The van der Waals surface area contributed by atoms with Crippen molar-refractivity contribution in [3.05, 3.63) is 40.5 Å². The van der Waals surface area contributed by atoms with E-state index in [1.165, 1.54) is 0 Å². The van der Waals surface area contributed by atoms with Gasteiger partial charge in [-0.1, -0.05) is 0 Å². The SMILES string of the molecule is CNC1C(=O)N(c2ccsc2)CCc2ccoc21. The van der Waals surface area contributed by atoms with Gasteiger partial charge in [0, 0.05) is 11.9 Å². The summed E-state index contributed by atoms with van der Waals surface area (Å²) in [6.07, 6.45) is 2.48. The van der Waals surface area contributed by atoms with Crippen molar-refractivity contribution >= 4 is 22.9 Å². The number of anilines is 1. The first kappa shape index (κ1) is 11.5. The fraction of sp³-hybridized carbons (Fsp3) is 0.308. The molecule has 5 heteroatoms. The third kappa shape index (κ3) is 1.76.